The van der Waals surface area contributed by atoms with Crippen LogP contribution in [0.15, 0.2) is 48.8 Å². The Morgan fingerprint density at radius 2 is 1.73 bits per heavy atom. The van der Waals surface area contributed by atoms with Crippen LogP contribution < -0.4 is 9.64 Å². The Balaban J connectivity index is 1.10. The lowest BCUT2D eigenvalue weighted by atomic mass is 9.51. The lowest BCUT2D eigenvalue weighted by Gasteiger charge is -2.55. The number of rotatable bonds is 9. The van der Waals surface area contributed by atoms with Gasteiger partial charge in [-0.2, -0.15) is 5.10 Å². The number of carbonyl (C=O) groups is 2. The van der Waals surface area contributed by atoms with Gasteiger partial charge in [-0.3, -0.25) is 14.4 Å². The van der Waals surface area contributed by atoms with Gasteiger partial charge in [0, 0.05) is 30.3 Å². The van der Waals surface area contributed by atoms with Crippen LogP contribution in [0.1, 0.15) is 95.2 Å². The normalized spacial score (nSPS) is 26.8. The van der Waals surface area contributed by atoms with Gasteiger partial charge in [-0.25, -0.2) is 9.78 Å². The number of fused-ring (bicyclic) bond motifs is 3. The van der Waals surface area contributed by atoms with E-state index in [4.69, 9.17) is 14.5 Å². The molecule has 2 bridgehead atoms. The number of carbonyl (C=O) groups excluding carboxylic acids is 2. The van der Waals surface area contributed by atoms with Crippen molar-refractivity contribution >= 4 is 17.8 Å². The highest BCUT2D eigenvalue weighted by atomic mass is 16.6. The summed E-state index contributed by atoms with van der Waals surface area (Å²) in [6.07, 6.45) is 12.1. The maximum absolute atomic E-state index is 14.6. The van der Waals surface area contributed by atoms with Gasteiger partial charge in [0.05, 0.1) is 38.2 Å². The molecule has 10 nitrogen and oxygen atoms in total. The minimum atomic E-state index is -0.457. The van der Waals surface area contributed by atoms with E-state index in [2.05, 4.69) is 44.1 Å². The Kier molecular flexibility index (Phi) is 9.19. The highest BCUT2D eigenvalue weighted by molar-refractivity contribution is 5.94. The summed E-state index contributed by atoms with van der Waals surface area (Å²) in [6, 6.07) is 12.9. The number of pyridine rings is 1. The summed E-state index contributed by atoms with van der Waals surface area (Å²) in [5.74, 6) is 1.61. The first kappa shape index (κ1) is 33.6. The molecule has 2 amide bonds. The fourth-order valence-corrected chi connectivity index (χ4v) is 8.71. The van der Waals surface area contributed by atoms with Crippen LogP contribution in [0.5, 0.6) is 5.75 Å². The van der Waals surface area contributed by atoms with Crippen molar-refractivity contribution in [3.8, 4) is 17.0 Å². The van der Waals surface area contributed by atoms with Crippen LogP contribution in [-0.2, 0) is 14.9 Å². The van der Waals surface area contributed by atoms with E-state index in [1.54, 1.807) is 7.11 Å². The summed E-state index contributed by atoms with van der Waals surface area (Å²) in [5, 5.41) is 14.1. The molecule has 1 saturated heterocycles. The summed E-state index contributed by atoms with van der Waals surface area (Å²) in [7, 11) is 1.73. The predicted molar refractivity (Wildman–Crippen MR) is 188 cm³/mol. The smallest absolute Gasteiger partial charge is 0.410 e. The lowest BCUT2D eigenvalue weighted by Crippen LogP contribution is -2.54. The zero-order valence-corrected chi connectivity index (χ0v) is 29.4. The number of benzene rings is 1. The second-order valence-electron chi connectivity index (χ2n) is 15.5. The molecule has 3 aromatic rings. The second-order valence-corrected chi connectivity index (χ2v) is 15.5. The van der Waals surface area contributed by atoms with Crippen LogP contribution in [-0.4, -0.2) is 75.7 Å². The zero-order chi connectivity index (χ0) is 34.3. The van der Waals surface area contributed by atoms with E-state index in [1.807, 2.05) is 40.2 Å². The van der Waals surface area contributed by atoms with Gasteiger partial charge in [0.2, 0.25) is 5.91 Å². The number of likely N-dealkylation sites (tertiary alicyclic amines) is 1. The summed E-state index contributed by atoms with van der Waals surface area (Å²) < 4.78 is 13.2. The predicted octanol–water partition coefficient (Wildman–Crippen LogP) is 6.84. The van der Waals surface area contributed by atoms with Crippen LogP contribution in [0.4, 0.5) is 10.6 Å². The van der Waals surface area contributed by atoms with E-state index in [0.29, 0.717) is 51.1 Å². The van der Waals surface area contributed by atoms with Gasteiger partial charge < -0.3 is 19.5 Å². The van der Waals surface area contributed by atoms with Gasteiger partial charge >= 0.3 is 6.09 Å². The summed E-state index contributed by atoms with van der Waals surface area (Å²) in [5.41, 5.74) is 4.59. The molecule has 8 rings (SSSR count). The van der Waals surface area contributed by atoms with Crippen molar-refractivity contribution in [1.29, 1.82) is 0 Å². The molecule has 4 aliphatic carbocycles. The van der Waals surface area contributed by atoms with Gasteiger partial charge in [0.15, 0.2) is 0 Å². The molecule has 2 aromatic heterocycles. The van der Waals surface area contributed by atoms with E-state index in [-0.39, 0.29) is 40.9 Å². The number of aromatic nitrogens is 3. The molecule has 1 aliphatic heterocycles. The number of hydrogen-bond acceptors (Lipinski definition) is 7. The lowest BCUT2D eigenvalue weighted by molar-refractivity contribution is -0.124. The molecule has 10 heteroatoms. The first-order valence-electron chi connectivity index (χ1n) is 18.2. The number of hydrogen-bond donors (Lipinski definition) is 1. The number of aryl methyl sites for hydroxylation is 1. The van der Waals surface area contributed by atoms with Crippen molar-refractivity contribution in [3.63, 3.8) is 0 Å². The average Bonchev–Trinajstić information content (AvgIpc) is 3.61. The number of aliphatic hydroxyl groups excluding tert-OH is 1. The molecule has 0 radical (unpaired) electrons. The highest BCUT2D eigenvalue weighted by Crippen LogP contribution is 2.58. The fourth-order valence-electron chi connectivity index (χ4n) is 8.71. The maximum Gasteiger partial charge on any atom is 0.410 e. The van der Waals surface area contributed by atoms with Gasteiger partial charge in [-0.1, -0.05) is 18.2 Å². The van der Waals surface area contributed by atoms with Gasteiger partial charge in [-0.05, 0) is 125 Å². The molecule has 1 aromatic carbocycles. The molecule has 49 heavy (non-hydrogen) atoms. The number of nitrogens with zero attached hydrogens (tertiary/aromatic N) is 5. The molecular formula is C39H51N5O5. The third-order valence-corrected chi connectivity index (χ3v) is 12.0. The molecule has 1 N–H and O–H groups in total. The summed E-state index contributed by atoms with van der Waals surface area (Å²) in [6.45, 7) is 7.65. The van der Waals surface area contributed by atoms with E-state index in [9.17, 15) is 14.7 Å². The second kappa shape index (κ2) is 13.4. The number of β-amino-alcohol motifs (C(OH)–C–C–N with tert-alkyl or cyclic N) is 1. The Bertz CT molecular complexity index is 1650. The molecular weight excluding hydrogens is 618 g/mol. The third kappa shape index (κ3) is 6.68. The van der Waals surface area contributed by atoms with E-state index >= 15 is 0 Å². The van der Waals surface area contributed by atoms with E-state index < -0.39 is 6.10 Å². The third-order valence-electron chi connectivity index (χ3n) is 12.0. The molecule has 0 unspecified atom stereocenters. The molecule has 5 aliphatic rings. The van der Waals surface area contributed by atoms with Crippen LogP contribution in [0.25, 0.3) is 11.3 Å². The van der Waals surface area contributed by atoms with Crippen molar-refractivity contribution in [2.45, 2.75) is 109 Å². The van der Waals surface area contributed by atoms with Gasteiger partial charge in [-0.15, -0.1) is 0 Å². The number of amides is 2. The minimum Gasteiger partial charge on any atom is -0.496 e. The first-order chi connectivity index (χ1) is 23.6. The van der Waals surface area contributed by atoms with Crippen molar-refractivity contribution in [2.75, 3.05) is 31.6 Å². The van der Waals surface area contributed by atoms with Crippen LogP contribution in [0.2, 0.25) is 0 Å². The molecule has 5 fully saturated rings. The van der Waals surface area contributed by atoms with Crippen molar-refractivity contribution < 1.29 is 24.2 Å². The topological polar surface area (TPSA) is 110 Å². The first-order valence-corrected chi connectivity index (χ1v) is 18.2. The standard InChI is InChI=1S/C39H51N5O5/c1-26(2)44-22-29(21-40-44)33-6-5-7-35(41-33)43(36(46)28-8-11-32(12-9-28)49-37(47)42-23-31(45)24-42)25-38-14-17-39(18-15-38,19-16-38)30-10-13-34(48-4)27(3)20-30/h5-7,10,13,20-22,26,28,31-32,45H,8-9,11-12,14-19,23-25H2,1-4H3. The SMILES string of the molecule is COc1ccc(C23CCC(CN(C(=O)C4CCC(OC(=O)N5CC(O)C5)CC4)c4cccc(-c5cnn(C(C)C)c5)n4)(CC2)CC3)cc1C. The van der Waals surface area contributed by atoms with Crippen molar-refractivity contribution in [1.82, 2.24) is 19.7 Å². The minimum absolute atomic E-state index is 0.0493. The summed E-state index contributed by atoms with van der Waals surface area (Å²) >= 11 is 0. The summed E-state index contributed by atoms with van der Waals surface area (Å²) in [4.78, 5) is 35.7. The molecule has 3 heterocycles. The Morgan fingerprint density at radius 1 is 1.02 bits per heavy atom. The number of methoxy groups -OCH3 is 1. The van der Waals surface area contributed by atoms with Crippen LogP contribution in [0.3, 0.4) is 0 Å². The number of anilines is 1. The molecule has 4 saturated carbocycles. The van der Waals surface area contributed by atoms with Crippen LogP contribution >= 0.6 is 0 Å². The molecule has 0 spiro atoms. The van der Waals surface area contributed by atoms with Gasteiger partial charge in [0.1, 0.15) is 17.7 Å². The number of ether oxygens (including phenoxy) is 2. The Hall–Kier alpha value is -3.92. The monoisotopic (exact) mass is 669 g/mol. The number of aliphatic hydroxyl groups is 1. The largest absolute Gasteiger partial charge is 0.496 e. The Labute approximate surface area is 289 Å². The van der Waals surface area contributed by atoms with Crippen LogP contribution in [0, 0.1) is 18.3 Å². The zero-order valence-electron chi connectivity index (χ0n) is 29.4. The van der Waals surface area contributed by atoms with Crippen molar-refractivity contribution in [2.24, 2.45) is 11.3 Å². The molecule has 262 valence electrons. The maximum atomic E-state index is 14.6. The van der Waals surface area contributed by atoms with Crippen molar-refractivity contribution in [3.05, 3.63) is 59.9 Å². The Morgan fingerprint density at radius 3 is 2.35 bits per heavy atom. The quantitative estimate of drug-likeness (QED) is 0.266. The molecule has 0 atom stereocenters. The fraction of sp³-hybridized carbons (Fsp3) is 0.590. The average molecular weight is 670 g/mol. The highest BCUT2D eigenvalue weighted by Gasteiger charge is 2.51. The van der Waals surface area contributed by atoms with Gasteiger partial charge in [0.25, 0.3) is 0 Å². The van der Waals surface area contributed by atoms with E-state index in [1.165, 1.54) is 16.0 Å². The van der Waals surface area contributed by atoms with E-state index in [0.717, 1.165) is 55.5 Å².